The van der Waals surface area contributed by atoms with Crippen LogP contribution in [0.3, 0.4) is 0 Å². The Morgan fingerprint density at radius 1 is 0.452 bits per heavy atom. The number of fused-ring (bicyclic) bond motifs is 1. The standard InChI is InChI=1S/C39H29N3/c40-36-17-9-7-15-32(36)30-21-24-38(35(25-30)28-13-5-2-6-14-28)41-31-22-19-29(20-23-31)39-26-34(27-11-3-1-4-12-27)33-16-8-10-18-37(33)42-39/h1-26,41H,40H2. The summed E-state index contributed by atoms with van der Waals surface area (Å²) in [5.41, 5.74) is 18.9. The third-order valence-corrected chi connectivity index (χ3v) is 7.64. The van der Waals surface area contributed by atoms with Crippen LogP contribution in [-0.2, 0) is 0 Å². The fourth-order valence-electron chi connectivity index (χ4n) is 5.50. The van der Waals surface area contributed by atoms with E-state index in [1.165, 1.54) is 11.1 Å². The van der Waals surface area contributed by atoms with Gasteiger partial charge in [0.05, 0.1) is 11.2 Å². The van der Waals surface area contributed by atoms with E-state index in [1.54, 1.807) is 0 Å². The van der Waals surface area contributed by atoms with Crippen LogP contribution in [0.2, 0.25) is 0 Å². The first-order valence-corrected chi connectivity index (χ1v) is 14.1. The lowest BCUT2D eigenvalue weighted by atomic mass is 9.96. The minimum atomic E-state index is 0.769. The number of hydrogen-bond acceptors (Lipinski definition) is 3. The van der Waals surface area contributed by atoms with Gasteiger partial charge in [0.15, 0.2) is 0 Å². The number of hydrogen-bond donors (Lipinski definition) is 2. The third-order valence-electron chi connectivity index (χ3n) is 7.64. The minimum absolute atomic E-state index is 0.769. The van der Waals surface area contributed by atoms with Crippen molar-refractivity contribution in [3.8, 4) is 44.6 Å². The van der Waals surface area contributed by atoms with Crippen LogP contribution >= 0.6 is 0 Å². The van der Waals surface area contributed by atoms with E-state index < -0.39 is 0 Å². The number of nitrogens with zero attached hydrogens (tertiary/aromatic N) is 1. The Balaban J connectivity index is 1.24. The molecule has 0 unspecified atom stereocenters. The number of anilines is 3. The van der Waals surface area contributed by atoms with Gasteiger partial charge in [0, 0.05) is 39.1 Å². The van der Waals surface area contributed by atoms with Crippen molar-refractivity contribution in [1.29, 1.82) is 0 Å². The van der Waals surface area contributed by atoms with E-state index in [0.29, 0.717) is 0 Å². The molecule has 3 nitrogen and oxygen atoms in total. The quantitative estimate of drug-likeness (QED) is 0.207. The number of nitrogens with two attached hydrogens (primary N) is 1. The van der Waals surface area contributed by atoms with E-state index in [-0.39, 0.29) is 0 Å². The van der Waals surface area contributed by atoms with E-state index in [2.05, 4.69) is 127 Å². The summed E-state index contributed by atoms with van der Waals surface area (Å²) in [5, 5.41) is 4.81. The Morgan fingerprint density at radius 3 is 1.81 bits per heavy atom. The van der Waals surface area contributed by atoms with Crippen molar-refractivity contribution in [2.45, 2.75) is 0 Å². The molecular formula is C39H29N3. The first-order chi connectivity index (χ1) is 20.7. The van der Waals surface area contributed by atoms with Crippen molar-refractivity contribution in [2.75, 3.05) is 11.1 Å². The van der Waals surface area contributed by atoms with Crippen molar-refractivity contribution < 1.29 is 0 Å². The Labute approximate surface area is 246 Å². The van der Waals surface area contributed by atoms with Gasteiger partial charge in [0.25, 0.3) is 0 Å². The molecule has 0 amide bonds. The zero-order chi connectivity index (χ0) is 28.3. The van der Waals surface area contributed by atoms with Crippen molar-refractivity contribution >= 4 is 28.0 Å². The van der Waals surface area contributed by atoms with Crippen LogP contribution in [0, 0.1) is 0 Å². The molecule has 0 aliphatic heterocycles. The lowest BCUT2D eigenvalue weighted by Crippen LogP contribution is -1.96. The summed E-state index contributed by atoms with van der Waals surface area (Å²) in [7, 11) is 0. The summed E-state index contributed by atoms with van der Waals surface area (Å²) in [5.74, 6) is 0. The highest BCUT2D eigenvalue weighted by Crippen LogP contribution is 2.37. The molecule has 0 spiro atoms. The Bertz CT molecular complexity index is 2000. The van der Waals surface area contributed by atoms with Gasteiger partial charge in [-0.15, -0.1) is 0 Å². The molecule has 42 heavy (non-hydrogen) atoms. The van der Waals surface area contributed by atoms with Crippen LogP contribution < -0.4 is 11.1 Å². The second-order valence-electron chi connectivity index (χ2n) is 10.4. The van der Waals surface area contributed by atoms with E-state index >= 15 is 0 Å². The van der Waals surface area contributed by atoms with E-state index in [4.69, 9.17) is 10.7 Å². The van der Waals surface area contributed by atoms with Gasteiger partial charge in [-0.3, -0.25) is 0 Å². The summed E-state index contributed by atoms with van der Waals surface area (Å²) in [6.07, 6.45) is 0. The number of aromatic nitrogens is 1. The fraction of sp³-hybridized carbons (Fsp3) is 0. The van der Waals surface area contributed by atoms with Crippen molar-refractivity contribution in [3.63, 3.8) is 0 Å². The largest absolute Gasteiger partial charge is 0.398 e. The lowest BCUT2D eigenvalue weighted by molar-refractivity contribution is 1.39. The minimum Gasteiger partial charge on any atom is -0.398 e. The maximum Gasteiger partial charge on any atom is 0.0715 e. The molecule has 1 heterocycles. The van der Waals surface area contributed by atoms with Crippen LogP contribution in [0.1, 0.15) is 0 Å². The summed E-state index contributed by atoms with van der Waals surface area (Å²) in [6.45, 7) is 0. The molecule has 0 saturated carbocycles. The molecule has 200 valence electrons. The zero-order valence-electron chi connectivity index (χ0n) is 23.0. The van der Waals surface area contributed by atoms with Gasteiger partial charge in [0.1, 0.15) is 0 Å². The Hall–Kier alpha value is -5.67. The SMILES string of the molecule is Nc1ccccc1-c1ccc(Nc2ccc(-c3cc(-c4ccccc4)c4ccccc4n3)cc2)c(-c2ccccc2)c1. The predicted molar refractivity (Wildman–Crippen MR) is 178 cm³/mol. The van der Waals surface area contributed by atoms with Crippen LogP contribution in [0.4, 0.5) is 17.1 Å². The smallest absolute Gasteiger partial charge is 0.0715 e. The van der Waals surface area contributed by atoms with Gasteiger partial charge in [0.2, 0.25) is 0 Å². The molecule has 3 heteroatoms. The van der Waals surface area contributed by atoms with Gasteiger partial charge >= 0.3 is 0 Å². The van der Waals surface area contributed by atoms with Crippen LogP contribution in [0.5, 0.6) is 0 Å². The van der Waals surface area contributed by atoms with Gasteiger partial charge in [-0.25, -0.2) is 4.98 Å². The van der Waals surface area contributed by atoms with Crippen LogP contribution in [0.15, 0.2) is 158 Å². The molecule has 0 atom stereocenters. The van der Waals surface area contributed by atoms with Crippen molar-refractivity contribution in [3.05, 3.63) is 158 Å². The summed E-state index contributed by atoms with van der Waals surface area (Å²) < 4.78 is 0. The number of rotatable bonds is 6. The molecule has 0 aliphatic rings. The fourth-order valence-corrected chi connectivity index (χ4v) is 5.50. The number of benzene rings is 6. The maximum absolute atomic E-state index is 6.32. The average Bonchev–Trinajstić information content (AvgIpc) is 3.06. The number of nitrogens with one attached hydrogen (secondary N) is 1. The van der Waals surface area contributed by atoms with Gasteiger partial charge < -0.3 is 11.1 Å². The second kappa shape index (κ2) is 11.1. The highest BCUT2D eigenvalue weighted by Gasteiger charge is 2.12. The molecule has 0 bridgehead atoms. The number of nitrogen functional groups attached to an aromatic ring is 1. The van der Waals surface area contributed by atoms with E-state index in [9.17, 15) is 0 Å². The summed E-state index contributed by atoms with van der Waals surface area (Å²) in [6, 6.07) is 54.5. The Kier molecular flexibility index (Phi) is 6.67. The van der Waals surface area contributed by atoms with Crippen LogP contribution in [-0.4, -0.2) is 4.98 Å². The molecule has 0 radical (unpaired) electrons. The Morgan fingerprint density at radius 2 is 1.07 bits per heavy atom. The first-order valence-electron chi connectivity index (χ1n) is 14.1. The summed E-state index contributed by atoms with van der Waals surface area (Å²) >= 11 is 0. The zero-order valence-corrected chi connectivity index (χ0v) is 23.0. The molecule has 3 N–H and O–H groups in total. The normalized spacial score (nSPS) is 11.0. The molecule has 0 saturated heterocycles. The topological polar surface area (TPSA) is 50.9 Å². The van der Waals surface area contributed by atoms with Gasteiger partial charge in [-0.05, 0) is 64.7 Å². The second-order valence-corrected chi connectivity index (χ2v) is 10.4. The highest BCUT2D eigenvalue weighted by atomic mass is 14.9. The monoisotopic (exact) mass is 539 g/mol. The van der Waals surface area contributed by atoms with E-state index in [1.807, 2.05) is 36.4 Å². The number of para-hydroxylation sites is 2. The highest BCUT2D eigenvalue weighted by molar-refractivity contribution is 5.97. The van der Waals surface area contributed by atoms with Crippen LogP contribution in [0.25, 0.3) is 55.5 Å². The van der Waals surface area contributed by atoms with Gasteiger partial charge in [-0.2, -0.15) is 0 Å². The number of pyridine rings is 1. The molecule has 1 aromatic heterocycles. The maximum atomic E-state index is 6.32. The molecule has 0 fully saturated rings. The molecule has 6 aromatic carbocycles. The molecule has 7 rings (SSSR count). The average molecular weight is 540 g/mol. The first kappa shape index (κ1) is 25.3. The molecule has 7 aromatic rings. The van der Waals surface area contributed by atoms with Crippen molar-refractivity contribution in [2.24, 2.45) is 0 Å². The lowest BCUT2D eigenvalue weighted by Gasteiger charge is -2.16. The van der Waals surface area contributed by atoms with Gasteiger partial charge in [-0.1, -0.05) is 115 Å². The predicted octanol–water partition coefficient (Wildman–Crippen LogP) is 10.2. The van der Waals surface area contributed by atoms with Crippen molar-refractivity contribution in [1.82, 2.24) is 4.98 Å². The van der Waals surface area contributed by atoms with E-state index in [0.717, 1.165) is 61.5 Å². The third kappa shape index (κ3) is 5.00. The molecule has 0 aliphatic carbocycles. The summed E-state index contributed by atoms with van der Waals surface area (Å²) in [4.78, 5) is 5.01. The molecular weight excluding hydrogens is 510 g/mol.